The van der Waals surface area contributed by atoms with Gasteiger partial charge in [-0.2, -0.15) is 0 Å². The molecule has 0 amide bonds. The summed E-state index contributed by atoms with van der Waals surface area (Å²) in [5.74, 6) is -0.00217. The van der Waals surface area contributed by atoms with Crippen molar-refractivity contribution in [3.8, 4) is 0 Å². The van der Waals surface area contributed by atoms with Crippen molar-refractivity contribution in [3.63, 3.8) is 0 Å². The minimum Gasteiger partial charge on any atom is -0.324 e. The van der Waals surface area contributed by atoms with Crippen LogP contribution in [-0.2, 0) is 6.42 Å². The van der Waals surface area contributed by atoms with Crippen LogP contribution in [0.3, 0.4) is 0 Å². The van der Waals surface area contributed by atoms with E-state index in [1.807, 2.05) is 24.3 Å². The Labute approximate surface area is 84.5 Å². The molecule has 0 bridgehead atoms. The summed E-state index contributed by atoms with van der Waals surface area (Å²) in [5.41, 5.74) is 7.17. The molecule has 1 aromatic carbocycles. The number of Topliss-reactive ketones (excluding diaryl/α,β-unsaturated/α-hetero) is 1. The topological polar surface area (TPSA) is 43.1 Å². The molecule has 0 aliphatic carbocycles. The Hall–Kier alpha value is -0.860. The number of carbonyl (C=O) groups excluding carboxylic acids is 1. The molecule has 72 valence electrons. The quantitative estimate of drug-likeness (QED) is 0.755. The van der Waals surface area contributed by atoms with E-state index in [9.17, 15) is 4.79 Å². The van der Waals surface area contributed by atoms with Crippen molar-refractivity contribution in [1.29, 1.82) is 0 Å². The van der Waals surface area contributed by atoms with E-state index in [1.54, 1.807) is 0 Å². The Morgan fingerprint density at radius 1 is 1.31 bits per heavy atom. The SMILES string of the molecule is CCc1ccc(C(=O)CN)cc1.Cl. The molecule has 2 N–H and O–H groups in total. The number of nitrogens with two attached hydrogens (primary N) is 1. The standard InChI is InChI=1S/C10H13NO.ClH/c1-2-8-3-5-9(6-4-8)10(12)7-11;/h3-6H,2,7,11H2,1H3;1H. The zero-order valence-electron chi connectivity index (χ0n) is 7.62. The van der Waals surface area contributed by atoms with E-state index >= 15 is 0 Å². The lowest BCUT2D eigenvalue weighted by molar-refractivity contribution is 0.100. The van der Waals surface area contributed by atoms with Crippen LogP contribution in [-0.4, -0.2) is 12.3 Å². The predicted octanol–water partition coefficient (Wildman–Crippen LogP) is 1.81. The van der Waals surface area contributed by atoms with E-state index in [2.05, 4.69) is 6.92 Å². The van der Waals surface area contributed by atoms with E-state index in [0.29, 0.717) is 5.56 Å². The molecule has 2 nitrogen and oxygen atoms in total. The van der Waals surface area contributed by atoms with Gasteiger partial charge in [0.05, 0.1) is 6.54 Å². The highest BCUT2D eigenvalue weighted by molar-refractivity contribution is 5.97. The molecule has 0 aliphatic heterocycles. The first-order valence-corrected chi connectivity index (χ1v) is 4.10. The Morgan fingerprint density at radius 2 is 1.85 bits per heavy atom. The van der Waals surface area contributed by atoms with Crippen molar-refractivity contribution in [2.45, 2.75) is 13.3 Å². The van der Waals surface area contributed by atoms with Crippen LogP contribution in [0.5, 0.6) is 0 Å². The minimum absolute atomic E-state index is 0. The second-order valence-electron chi connectivity index (χ2n) is 2.68. The summed E-state index contributed by atoms with van der Waals surface area (Å²) in [7, 11) is 0. The molecule has 0 fully saturated rings. The van der Waals surface area contributed by atoms with Crippen molar-refractivity contribution >= 4 is 18.2 Å². The van der Waals surface area contributed by atoms with Crippen molar-refractivity contribution in [3.05, 3.63) is 35.4 Å². The number of hydrogen-bond donors (Lipinski definition) is 1. The minimum atomic E-state index is -0.00217. The Bertz CT molecular complexity index is 269. The first-order chi connectivity index (χ1) is 5.77. The molecule has 0 aromatic heterocycles. The van der Waals surface area contributed by atoms with Crippen LogP contribution in [0.1, 0.15) is 22.8 Å². The lowest BCUT2D eigenvalue weighted by Crippen LogP contribution is -2.13. The van der Waals surface area contributed by atoms with Gasteiger partial charge in [-0.05, 0) is 12.0 Å². The maximum absolute atomic E-state index is 11.1. The van der Waals surface area contributed by atoms with E-state index < -0.39 is 0 Å². The summed E-state index contributed by atoms with van der Waals surface area (Å²) in [6.45, 7) is 2.17. The van der Waals surface area contributed by atoms with Gasteiger partial charge in [-0.1, -0.05) is 31.2 Å². The van der Waals surface area contributed by atoms with Gasteiger partial charge in [0.1, 0.15) is 0 Å². The average Bonchev–Trinajstić information content (AvgIpc) is 2.17. The molecule has 0 atom stereocenters. The number of hydrogen-bond acceptors (Lipinski definition) is 2. The van der Waals surface area contributed by atoms with Gasteiger partial charge >= 0.3 is 0 Å². The van der Waals surface area contributed by atoms with Gasteiger partial charge in [0, 0.05) is 5.56 Å². The van der Waals surface area contributed by atoms with E-state index in [0.717, 1.165) is 6.42 Å². The lowest BCUT2D eigenvalue weighted by Gasteiger charge is -1.99. The van der Waals surface area contributed by atoms with Crippen molar-refractivity contribution < 1.29 is 4.79 Å². The number of aryl methyl sites for hydroxylation is 1. The number of rotatable bonds is 3. The smallest absolute Gasteiger partial charge is 0.176 e. The van der Waals surface area contributed by atoms with Gasteiger partial charge in [0.2, 0.25) is 0 Å². The maximum Gasteiger partial charge on any atom is 0.176 e. The zero-order valence-corrected chi connectivity index (χ0v) is 8.43. The second-order valence-corrected chi connectivity index (χ2v) is 2.68. The molecular formula is C10H14ClNO. The van der Waals surface area contributed by atoms with E-state index in [1.165, 1.54) is 5.56 Å². The second kappa shape index (κ2) is 5.73. The summed E-state index contributed by atoms with van der Waals surface area (Å²) in [5, 5.41) is 0. The van der Waals surface area contributed by atoms with Crippen molar-refractivity contribution in [2.75, 3.05) is 6.54 Å². The van der Waals surface area contributed by atoms with Gasteiger partial charge in [-0.3, -0.25) is 4.79 Å². The fourth-order valence-corrected chi connectivity index (χ4v) is 1.04. The first kappa shape index (κ1) is 12.1. The van der Waals surface area contributed by atoms with Gasteiger partial charge in [-0.15, -0.1) is 12.4 Å². The average molecular weight is 200 g/mol. The summed E-state index contributed by atoms with van der Waals surface area (Å²) in [6, 6.07) is 7.58. The Balaban J connectivity index is 0.00000144. The van der Waals surface area contributed by atoms with E-state index in [-0.39, 0.29) is 24.7 Å². The van der Waals surface area contributed by atoms with Gasteiger partial charge in [-0.25, -0.2) is 0 Å². The van der Waals surface area contributed by atoms with Crippen LogP contribution in [0.15, 0.2) is 24.3 Å². The number of ketones is 1. The summed E-state index contributed by atoms with van der Waals surface area (Å²) in [4.78, 5) is 11.1. The number of halogens is 1. The molecule has 0 saturated carbocycles. The summed E-state index contributed by atoms with van der Waals surface area (Å²) >= 11 is 0. The molecule has 3 heteroatoms. The molecule has 1 rings (SSSR count). The van der Waals surface area contributed by atoms with Crippen molar-refractivity contribution in [2.24, 2.45) is 5.73 Å². The zero-order chi connectivity index (χ0) is 8.97. The molecule has 0 radical (unpaired) electrons. The molecule has 0 spiro atoms. The van der Waals surface area contributed by atoms with E-state index in [4.69, 9.17) is 5.73 Å². The third kappa shape index (κ3) is 3.17. The summed E-state index contributed by atoms with van der Waals surface area (Å²) in [6.07, 6.45) is 0.997. The van der Waals surface area contributed by atoms with Gasteiger partial charge in [0.25, 0.3) is 0 Å². The third-order valence-electron chi connectivity index (χ3n) is 1.87. The highest BCUT2D eigenvalue weighted by Crippen LogP contribution is 2.04. The van der Waals surface area contributed by atoms with Gasteiger partial charge < -0.3 is 5.73 Å². The molecular weight excluding hydrogens is 186 g/mol. The highest BCUT2D eigenvalue weighted by atomic mass is 35.5. The Kier molecular flexibility index (Phi) is 5.35. The fraction of sp³-hybridized carbons (Fsp3) is 0.300. The van der Waals surface area contributed by atoms with Crippen LogP contribution < -0.4 is 5.73 Å². The number of benzene rings is 1. The van der Waals surface area contributed by atoms with Crippen LogP contribution >= 0.6 is 12.4 Å². The summed E-state index contributed by atoms with van der Waals surface area (Å²) < 4.78 is 0. The predicted molar refractivity (Wildman–Crippen MR) is 56.5 cm³/mol. The molecule has 0 unspecified atom stereocenters. The third-order valence-corrected chi connectivity index (χ3v) is 1.87. The van der Waals surface area contributed by atoms with Crippen LogP contribution in [0, 0.1) is 0 Å². The van der Waals surface area contributed by atoms with Crippen molar-refractivity contribution in [1.82, 2.24) is 0 Å². The van der Waals surface area contributed by atoms with Crippen LogP contribution in [0.25, 0.3) is 0 Å². The van der Waals surface area contributed by atoms with Gasteiger partial charge in [0.15, 0.2) is 5.78 Å². The molecule has 1 aromatic rings. The first-order valence-electron chi connectivity index (χ1n) is 4.10. The molecule has 13 heavy (non-hydrogen) atoms. The monoisotopic (exact) mass is 199 g/mol. The molecule has 0 saturated heterocycles. The molecule has 0 heterocycles. The molecule has 0 aliphatic rings. The van der Waals surface area contributed by atoms with Crippen LogP contribution in [0.2, 0.25) is 0 Å². The lowest BCUT2D eigenvalue weighted by atomic mass is 10.1. The maximum atomic E-state index is 11.1. The normalized spacial score (nSPS) is 9.08. The van der Waals surface area contributed by atoms with Crippen LogP contribution in [0.4, 0.5) is 0 Å². The Morgan fingerprint density at radius 3 is 2.23 bits per heavy atom. The largest absolute Gasteiger partial charge is 0.324 e. The fourth-order valence-electron chi connectivity index (χ4n) is 1.04. The highest BCUT2D eigenvalue weighted by Gasteiger charge is 2.01. The number of carbonyl (C=O) groups is 1.